The smallest absolute Gasteiger partial charge is 0.173 e. The zero-order valence-electron chi connectivity index (χ0n) is 16.4. The summed E-state index contributed by atoms with van der Waals surface area (Å²) in [5, 5.41) is 14.4. The van der Waals surface area contributed by atoms with Crippen LogP contribution < -0.4 is 5.32 Å². The molecular weight excluding hydrogens is 319 g/mol. The van der Waals surface area contributed by atoms with Crippen molar-refractivity contribution in [3.05, 3.63) is 35.1 Å². The Balaban J connectivity index is 2.33. The van der Waals surface area contributed by atoms with E-state index in [9.17, 15) is 9.50 Å². The van der Waals surface area contributed by atoms with Gasteiger partial charge < -0.3 is 15.2 Å². The molecule has 0 saturated carbocycles. The lowest BCUT2D eigenvalue weighted by Gasteiger charge is -2.48. The number of aliphatic hydroxyl groups excluding tert-OH is 1. The summed E-state index contributed by atoms with van der Waals surface area (Å²) < 4.78 is 20.4. The molecule has 3 atom stereocenters. The summed E-state index contributed by atoms with van der Waals surface area (Å²) in [4.78, 5) is 2.23. The van der Waals surface area contributed by atoms with Crippen LogP contribution in [0, 0.1) is 12.7 Å². The third-order valence-corrected chi connectivity index (χ3v) is 4.85. The van der Waals surface area contributed by atoms with Gasteiger partial charge in [-0.3, -0.25) is 4.90 Å². The lowest BCUT2D eigenvalue weighted by Crippen LogP contribution is -2.64. The van der Waals surface area contributed by atoms with E-state index in [2.05, 4.69) is 17.1 Å². The van der Waals surface area contributed by atoms with Crippen LogP contribution in [0.5, 0.6) is 0 Å². The largest absolute Gasteiger partial charge is 0.366 e. The summed E-state index contributed by atoms with van der Waals surface area (Å²) in [6, 6.07) is 5.60. The van der Waals surface area contributed by atoms with E-state index in [0.717, 1.165) is 25.2 Å². The molecule has 2 N–H and O–H groups in total. The number of aryl methyl sites for hydroxylation is 1. The van der Waals surface area contributed by atoms with Crippen molar-refractivity contribution in [3.63, 3.8) is 0 Å². The Labute approximate surface area is 151 Å². The molecule has 0 radical (unpaired) electrons. The van der Waals surface area contributed by atoms with Crippen molar-refractivity contribution >= 4 is 0 Å². The van der Waals surface area contributed by atoms with E-state index in [1.165, 1.54) is 0 Å². The Bertz CT molecular complexity index is 588. The summed E-state index contributed by atoms with van der Waals surface area (Å²) in [6.07, 6.45) is -0.623. The number of rotatable bonds is 5. The van der Waals surface area contributed by atoms with Crippen LogP contribution in [0.25, 0.3) is 0 Å². The van der Waals surface area contributed by atoms with Gasteiger partial charge in [-0.25, -0.2) is 4.39 Å². The average molecular weight is 352 g/mol. The molecule has 0 bridgehead atoms. The monoisotopic (exact) mass is 352 g/mol. The molecule has 0 aliphatic carbocycles. The zero-order valence-corrected chi connectivity index (χ0v) is 16.4. The third-order valence-electron chi connectivity index (χ3n) is 4.85. The van der Waals surface area contributed by atoms with Gasteiger partial charge in [-0.15, -0.1) is 0 Å². The van der Waals surface area contributed by atoms with Gasteiger partial charge in [0.15, 0.2) is 6.29 Å². The lowest BCUT2D eigenvalue weighted by molar-refractivity contribution is -0.228. The fraction of sp³-hybridized carbons (Fsp3) is 0.700. The predicted molar refractivity (Wildman–Crippen MR) is 99.1 cm³/mol. The fourth-order valence-electron chi connectivity index (χ4n) is 3.39. The average Bonchev–Trinajstić information content (AvgIpc) is 2.48. The number of nitrogens with zero attached hydrogens (tertiary/aromatic N) is 1. The Morgan fingerprint density at radius 1 is 1.36 bits per heavy atom. The minimum absolute atomic E-state index is 0.225. The molecule has 0 amide bonds. The van der Waals surface area contributed by atoms with E-state index in [4.69, 9.17) is 4.74 Å². The van der Waals surface area contributed by atoms with Crippen LogP contribution in [0.2, 0.25) is 0 Å². The molecule has 1 heterocycles. The molecule has 1 aliphatic heterocycles. The SMILES string of the molecule is Cc1ccc(C[C@@](C)(C(O)OC(C)(C)C)N2CCN[C@@H](C)C2)c(F)c1. The van der Waals surface area contributed by atoms with E-state index in [-0.39, 0.29) is 5.82 Å². The zero-order chi connectivity index (χ0) is 18.8. The van der Waals surface area contributed by atoms with Gasteiger partial charge in [0, 0.05) is 25.7 Å². The van der Waals surface area contributed by atoms with Crippen molar-refractivity contribution in [2.24, 2.45) is 0 Å². The molecule has 142 valence electrons. The topological polar surface area (TPSA) is 44.7 Å². The molecule has 1 aliphatic rings. The third kappa shape index (κ3) is 5.23. The van der Waals surface area contributed by atoms with Crippen LogP contribution in [0.3, 0.4) is 0 Å². The van der Waals surface area contributed by atoms with Crippen molar-refractivity contribution < 1.29 is 14.2 Å². The van der Waals surface area contributed by atoms with Gasteiger partial charge in [0.2, 0.25) is 0 Å². The van der Waals surface area contributed by atoms with Crippen molar-refractivity contribution in [3.8, 4) is 0 Å². The molecule has 1 fully saturated rings. The summed E-state index contributed by atoms with van der Waals surface area (Å²) >= 11 is 0. The van der Waals surface area contributed by atoms with Crippen molar-refractivity contribution in [2.75, 3.05) is 19.6 Å². The number of nitrogens with one attached hydrogen (secondary N) is 1. The summed E-state index contributed by atoms with van der Waals surface area (Å²) in [5.41, 5.74) is 0.312. The number of halogens is 1. The molecule has 2 rings (SSSR count). The Kier molecular flexibility index (Phi) is 6.26. The highest BCUT2D eigenvalue weighted by molar-refractivity contribution is 5.25. The number of piperazine rings is 1. The lowest BCUT2D eigenvalue weighted by atomic mass is 9.88. The van der Waals surface area contributed by atoms with Crippen LogP contribution in [-0.2, 0) is 11.2 Å². The minimum atomic E-state index is -1.02. The van der Waals surface area contributed by atoms with Crippen molar-refractivity contribution in [1.29, 1.82) is 0 Å². The first-order valence-electron chi connectivity index (χ1n) is 9.10. The first-order valence-corrected chi connectivity index (χ1v) is 9.10. The van der Waals surface area contributed by atoms with Gasteiger partial charge in [0.05, 0.1) is 11.1 Å². The highest BCUT2D eigenvalue weighted by atomic mass is 19.1. The van der Waals surface area contributed by atoms with Gasteiger partial charge in [-0.1, -0.05) is 12.1 Å². The van der Waals surface area contributed by atoms with Crippen LogP contribution in [0.15, 0.2) is 18.2 Å². The van der Waals surface area contributed by atoms with E-state index in [0.29, 0.717) is 18.0 Å². The number of hydrogen-bond acceptors (Lipinski definition) is 4. The minimum Gasteiger partial charge on any atom is -0.366 e. The van der Waals surface area contributed by atoms with Gasteiger partial charge in [-0.05, 0) is 65.2 Å². The molecule has 1 aromatic rings. The van der Waals surface area contributed by atoms with Crippen molar-refractivity contribution in [2.45, 2.75) is 71.4 Å². The van der Waals surface area contributed by atoms with Crippen LogP contribution in [-0.4, -0.2) is 53.1 Å². The molecule has 4 nitrogen and oxygen atoms in total. The highest BCUT2D eigenvalue weighted by Gasteiger charge is 2.43. The Morgan fingerprint density at radius 2 is 2.04 bits per heavy atom. The molecule has 1 unspecified atom stereocenters. The maximum Gasteiger partial charge on any atom is 0.173 e. The predicted octanol–water partition coefficient (Wildman–Crippen LogP) is 2.86. The van der Waals surface area contributed by atoms with Gasteiger partial charge >= 0.3 is 0 Å². The van der Waals surface area contributed by atoms with Crippen LogP contribution >= 0.6 is 0 Å². The second-order valence-electron chi connectivity index (χ2n) is 8.51. The quantitative estimate of drug-likeness (QED) is 0.800. The fourth-order valence-corrected chi connectivity index (χ4v) is 3.39. The number of ether oxygens (including phenoxy) is 1. The van der Waals surface area contributed by atoms with E-state index >= 15 is 0 Å². The molecule has 0 spiro atoms. The number of aliphatic hydroxyl groups is 1. The maximum atomic E-state index is 14.5. The normalized spacial score (nSPS) is 23.3. The Hall–Kier alpha value is -1.01. The molecular formula is C20H33FN2O2. The first kappa shape index (κ1) is 20.3. The van der Waals surface area contributed by atoms with Gasteiger partial charge in [-0.2, -0.15) is 0 Å². The molecule has 5 heteroatoms. The molecule has 1 aromatic carbocycles. The highest BCUT2D eigenvalue weighted by Crippen LogP contribution is 2.30. The van der Waals surface area contributed by atoms with E-state index in [1.807, 2.05) is 46.8 Å². The van der Waals surface area contributed by atoms with Gasteiger partial charge in [0.1, 0.15) is 5.82 Å². The van der Waals surface area contributed by atoms with Gasteiger partial charge in [0.25, 0.3) is 0 Å². The molecule has 25 heavy (non-hydrogen) atoms. The van der Waals surface area contributed by atoms with E-state index < -0.39 is 17.4 Å². The number of hydrogen-bond donors (Lipinski definition) is 2. The second kappa shape index (κ2) is 7.70. The Morgan fingerprint density at radius 3 is 2.60 bits per heavy atom. The summed E-state index contributed by atoms with van der Waals surface area (Å²) in [7, 11) is 0. The number of benzene rings is 1. The first-order chi connectivity index (χ1) is 11.5. The van der Waals surface area contributed by atoms with Crippen molar-refractivity contribution in [1.82, 2.24) is 10.2 Å². The molecule has 0 aromatic heterocycles. The second-order valence-corrected chi connectivity index (χ2v) is 8.51. The standard InChI is InChI=1S/C20H33FN2O2/c1-14-7-8-16(17(21)11-14)12-20(6,18(24)25-19(3,4)5)23-10-9-22-15(2)13-23/h7-8,11,15,18,22,24H,9-10,12-13H2,1-6H3/t15-,18?,20-/m0/s1. The molecule has 1 saturated heterocycles. The summed E-state index contributed by atoms with van der Waals surface area (Å²) in [5.74, 6) is -0.225. The maximum absolute atomic E-state index is 14.5. The summed E-state index contributed by atoms with van der Waals surface area (Å²) in [6.45, 7) is 14.2. The van der Waals surface area contributed by atoms with Crippen LogP contribution in [0.4, 0.5) is 4.39 Å². The van der Waals surface area contributed by atoms with E-state index in [1.54, 1.807) is 6.07 Å². The van der Waals surface area contributed by atoms with Crippen LogP contribution in [0.1, 0.15) is 45.7 Å².